The number of hydrogen-bond acceptors (Lipinski definition) is 5. The fourth-order valence-corrected chi connectivity index (χ4v) is 3.49. The number of fused-ring (bicyclic) bond motifs is 1. The van der Waals surface area contributed by atoms with Crippen molar-refractivity contribution in [2.75, 3.05) is 5.32 Å². The highest BCUT2D eigenvalue weighted by Crippen LogP contribution is 2.33. The zero-order chi connectivity index (χ0) is 22.2. The van der Waals surface area contributed by atoms with E-state index in [0.717, 1.165) is 11.1 Å². The van der Waals surface area contributed by atoms with Gasteiger partial charge in [-0.25, -0.2) is 4.98 Å². The van der Waals surface area contributed by atoms with Crippen molar-refractivity contribution >= 4 is 34.3 Å². The molecule has 0 aliphatic heterocycles. The Labute approximate surface area is 188 Å². The Kier molecular flexibility index (Phi) is 4.92. The van der Waals surface area contributed by atoms with E-state index in [-0.39, 0.29) is 11.5 Å². The van der Waals surface area contributed by atoms with Crippen LogP contribution in [0.3, 0.4) is 0 Å². The van der Waals surface area contributed by atoms with Gasteiger partial charge in [-0.15, -0.1) is 0 Å². The number of nitrogens with one attached hydrogen (secondary N) is 1. The number of rotatable bonds is 4. The standard InChI is InChI=1S/C25H17ClN2O4/c1-14-2-9-22-19(12-14)28-25(32-22)18-8-7-17(13-20(18)29)27-24(30)23-11-10-21(31-23)15-3-5-16(26)6-4-15/h2-13,29H,1H3,(H,27,30). The number of carbonyl (C=O) groups excluding carboxylic acids is 1. The van der Waals surface area contributed by atoms with Gasteiger partial charge in [-0.2, -0.15) is 0 Å². The van der Waals surface area contributed by atoms with Gasteiger partial charge >= 0.3 is 0 Å². The van der Waals surface area contributed by atoms with Crippen molar-refractivity contribution in [1.82, 2.24) is 4.98 Å². The lowest BCUT2D eigenvalue weighted by atomic mass is 10.1. The van der Waals surface area contributed by atoms with E-state index in [1.54, 1.807) is 36.4 Å². The molecule has 0 saturated heterocycles. The molecule has 0 unspecified atom stereocenters. The van der Waals surface area contributed by atoms with Crippen LogP contribution in [-0.2, 0) is 0 Å². The van der Waals surface area contributed by atoms with E-state index in [4.69, 9.17) is 20.4 Å². The van der Waals surface area contributed by atoms with Crippen LogP contribution in [-0.4, -0.2) is 16.0 Å². The number of hydrogen-bond donors (Lipinski definition) is 2. The molecule has 6 nitrogen and oxygen atoms in total. The first-order chi connectivity index (χ1) is 15.5. The second-order valence-corrected chi connectivity index (χ2v) is 7.78. The minimum atomic E-state index is -0.435. The van der Waals surface area contributed by atoms with E-state index in [0.29, 0.717) is 39.0 Å². The maximum Gasteiger partial charge on any atom is 0.291 e. The Morgan fingerprint density at radius 2 is 1.78 bits per heavy atom. The number of phenols is 1. The lowest BCUT2D eigenvalue weighted by Gasteiger charge is -2.06. The molecule has 5 rings (SSSR count). The van der Waals surface area contributed by atoms with Crippen molar-refractivity contribution in [3.05, 3.63) is 89.1 Å². The molecule has 0 spiro atoms. The summed E-state index contributed by atoms with van der Waals surface area (Å²) < 4.78 is 11.4. The molecule has 32 heavy (non-hydrogen) atoms. The molecule has 7 heteroatoms. The number of nitrogens with zero attached hydrogens (tertiary/aromatic N) is 1. The number of halogens is 1. The number of carbonyl (C=O) groups is 1. The van der Waals surface area contributed by atoms with Crippen LogP contribution < -0.4 is 5.32 Å². The predicted molar refractivity (Wildman–Crippen MR) is 123 cm³/mol. The Morgan fingerprint density at radius 3 is 2.56 bits per heavy atom. The topological polar surface area (TPSA) is 88.5 Å². The molecule has 158 valence electrons. The summed E-state index contributed by atoms with van der Waals surface area (Å²) in [4.78, 5) is 17.0. The van der Waals surface area contributed by atoms with Crippen molar-refractivity contribution in [3.63, 3.8) is 0 Å². The number of benzene rings is 3. The number of anilines is 1. The predicted octanol–water partition coefficient (Wildman–Crippen LogP) is 6.67. The highest BCUT2D eigenvalue weighted by atomic mass is 35.5. The molecule has 0 atom stereocenters. The van der Waals surface area contributed by atoms with E-state index in [9.17, 15) is 9.90 Å². The second kappa shape index (κ2) is 7.90. The lowest BCUT2D eigenvalue weighted by Crippen LogP contribution is -2.10. The Balaban J connectivity index is 1.35. The highest BCUT2D eigenvalue weighted by molar-refractivity contribution is 6.30. The molecular formula is C25H17ClN2O4. The average Bonchev–Trinajstić information content (AvgIpc) is 3.41. The normalized spacial score (nSPS) is 11.1. The third-order valence-corrected chi connectivity index (χ3v) is 5.24. The molecule has 0 aliphatic carbocycles. The highest BCUT2D eigenvalue weighted by Gasteiger charge is 2.16. The molecule has 0 fully saturated rings. The largest absolute Gasteiger partial charge is 0.507 e. The van der Waals surface area contributed by atoms with E-state index < -0.39 is 5.91 Å². The molecular weight excluding hydrogens is 428 g/mol. The first-order valence-corrected chi connectivity index (χ1v) is 10.2. The summed E-state index contributed by atoms with van der Waals surface area (Å²) in [5.74, 6) is 0.505. The summed E-state index contributed by atoms with van der Waals surface area (Å²) in [7, 11) is 0. The number of oxazole rings is 1. The van der Waals surface area contributed by atoms with Crippen LogP contribution >= 0.6 is 11.6 Å². The van der Waals surface area contributed by atoms with Gasteiger partial charge in [0.25, 0.3) is 5.91 Å². The maximum atomic E-state index is 12.6. The van der Waals surface area contributed by atoms with Crippen LogP contribution in [0.15, 0.2) is 81.6 Å². The number of aryl methyl sites for hydroxylation is 1. The third kappa shape index (κ3) is 3.84. The lowest BCUT2D eigenvalue weighted by molar-refractivity contribution is 0.0997. The van der Waals surface area contributed by atoms with Gasteiger partial charge in [0.1, 0.15) is 17.0 Å². The summed E-state index contributed by atoms with van der Waals surface area (Å²) in [5, 5.41) is 13.8. The number of aromatic hydroxyl groups is 1. The van der Waals surface area contributed by atoms with Crippen LogP contribution in [0.5, 0.6) is 5.75 Å². The maximum absolute atomic E-state index is 12.6. The zero-order valence-corrected chi connectivity index (χ0v) is 17.7. The van der Waals surface area contributed by atoms with E-state index >= 15 is 0 Å². The van der Waals surface area contributed by atoms with Gasteiger partial charge in [0.05, 0.1) is 5.56 Å². The summed E-state index contributed by atoms with van der Waals surface area (Å²) in [5.41, 5.74) is 4.07. The second-order valence-electron chi connectivity index (χ2n) is 7.35. The van der Waals surface area contributed by atoms with Gasteiger partial charge in [0.2, 0.25) is 5.89 Å². The number of furan rings is 1. The van der Waals surface area contributed by atoms with Crippen LogP contribution in [0, 0.1) is 6.92 Å². The van der Waals surface area contributed by atoms with Gasteiger partial charge in [0, 0.05) is 22.3 Å². The van der Waals surface area contributed by atoms with Gasteiger partial charge in [0.15, 0.2) is 11.3 Å². The van der Waals surface area contributed by atoms with Crippen LogP contribution in [0.25, 0.3) is 33.9 Å². The smallest absolute Gasteiger partial charge is 0.291 e. The number of amides is 1. The fourth-order valence-electron chi connectivity index (χ4n) is 3.36. The first-order valence-electron chi connectivity index (χ1n) is 9.84. The quantitative estimate of drug-likeness (QED) is 0.323. The Hall–Kier alpha value is -4.03. The molecule has 0 aliphatic rings. The number of aromatic nitrogens is 1. The molecule has 3 aromatic carbocycles. The summed E-state index contributed by atoms with van der Waals surface area (Å²) >= 11 is 5.91. The van der Waals surface area contributed by atoms with Gasteiger partial charge < -0.3 is 19.3 Å². The summed E-state index contributed by atoms with van der Waals surface area (Å²) in [6.45, 7) is 1.97. The SMILES string of the molecule is Cc1ccc2oc(-c3ccc(NC(=O)c4ccc(-c5ccc(Cl)cc5)o4)cc3O)nc2c1. The summed E-state index contributed by atoms with van der Waals surface area (Å²) in [6, 6.07) is 20.9. The molecule has 1 amide bonds. The van der Waals surface area contributed by atoms with Crippen LogP contribution in [0.1, 0.15) is 16.1 Å². The van der Waals surface area contributed by atoms with E-state index in [1.165, 1.54) is 6.07 Å². The zero-order valence-electron chi connectivity index (χ0n) is 16.9. The van der Waals surface area contributed by atoms with Crippen molar-refractivity contribution in [3.8, 4) is 28.5 Å². The molecule has 0 saturated carbocycles. The Bertz CT molecular complexity index is 1450. The molecule has 0 radical (unpaired) electrons. The molecule has 2 heterocycles. The minimum absolute atomic E-state index is 0.0626. The van der Waals surface area contributed by atoms with Gasteiger partial charge in [-0.05, 0) is 73.2 Å². The molecule has 2 aromatic heterocycles. The van der Waals surface area contributed by atoms with E-state index in [2.05, 4.69) is 10.3 Å². The van der Waals surface area contributed by atoms with Crippen LogP contribution in [0.2, 0.25) is 5.02 Å². The average molecular weight is 445 g/mol. The third-order valence-electron chi connectivity index (χ3n) is 4.99. The minimum Gasteiger partial charge on any atom is -0.507 e. The fraction of sp³-hybridized carbons (Fsp3) is 0.0400. The first kappa shape index (κ1) is 19.9. The van der Waals surface area contributed by atoms with Gasteiger partial charge in [-0.1, -0.05) is 17.7 Å². The molecule has 0 bridgehead atoms. The van der Waals surface area contributed by atoms with E-state index in [1.807, 2.05) is 37.3 Å². The van der Waals surface area contributed by atoms with Crippen molar-refractivity contribution < 1.29 is 18.7 Å². The van der Waals surface area contributed by atoms with Gasteiger partial charge in [-0.3, -0.25) is 4.79 Å². The van der Waals surface area contributed by atoms with Crippen LogP contribution in [0.4, 0.5) is 5.69 Å². The number of phenolic OH excluding ortho intramolecular Hbond substituents is 1. The molecule has 2 N–H and O–H groups in total. The Morgan fingerprint density at radius 1 is 0.969 bits per heavy atom. The monoisotopic (exact) mass is 444 g/mol. The van der Waals surface area contributed by atoms with Crippen molar-refractivity contribution in [2.45, 2.75) is 6.92 Å². The van der Waals surface area contributed by atoms with Crippen molar-refractivity contribution in [2.24, 2.45) is 0 Å². The molecule has 5 aromatic rings. The summed E-state index contributed by atoms with van der Waals surface area (Å²) in [6.07, 6.45) is 0. The van der Waals surface area contributed by atoms with Crippen molar-refractivity contribution in [1.29, 1.82) is 0 Å².